The lowest BCUT2D eigenvalue weighted by Crippen LogP contribution is -2.12. The van der Waals surface area contributed by atoms with Crippen LogP contribution in [0.25, 0.3) is 0 Å². The Labute approximate surface area is 85.5 Å². The van der Waals surface area contributed by atoms with E-state index < -0.39 is 0 Å². The SMILES string of the molecule is CNCC1C(c2cncn2C)C1(C)C. The standard InChI is InChI=1S/C11H19N3/c1-11(2)8(5-12-3)10(11)9-6-13-7-14(9)4/h6-8,10,12H,5H2,1-4H3. The molecular weight excluding hydrogens is 174 g/mol. The van der Waals surface area contributed by atoms with E-state index in [0.29, 0.717) is 11.3 Å². The van der Waals surface area contributed by atoms with Crippen molar-refractivity contribution in [3.63, 3.8) is 0 Å². The topological polar surface area (TPSA) is 29.9 Å². The van der Waals surface area contributed by atoms with Crippen molar-refractivity contribution < 1.29 is 0 Å². The van der Waals surface area contributed by atoms with E-state index in [1.807, 2.05) is 19.6 Å². The predicted octanol–water partition coefficient (Wildman–Crippen LogP) is 1.38. The third-order valence-electron chi connectivity index (χ3n) is 3.65. The van der Waals surface area contributed by atoms with Crippen LogP contribution in [0.15, 0.2) is 12.5 Å². The molecule has 0 saturated heterocycles. The number of aromatic nitrogens is 2. The van der Waals surface area contributed by atoms with Crippen molar-refractivity contribution >= 4 is 0 Å². The van der Waals surface area contributed by atoms with E-state index in [-0.39, 0.29) is 0 Å². The Balaban J connectivity index is 2.18. The summed E-state index contributed by atoms with van der Waals surface area (Å²) < 4.78 is 2.14. The van der Waals surface area contributed by atoms with Crippen molar-refractivity contribution in [1.82, 2.24) is 14.9 Å². The Morgan fingerprint density at radius 1 is 1.57 bits per heavy atom. The van der Waals surface area contributed by atoms with E-state index in [1.54, 1.807) is 0 Å². The molecule has 0 radical (unpaired) electrons. The van der Waals surface area contributed by atoms with Crippen LogP contribution in [0.4, 0.5) is 0 Å². The van der Waals surface area contributed by atoms with E-state index >= 15 is 0 Å². The minimum absolute atomic E-state index is 0.427. The molecule has 0 aliphatic heterocycles. The molecule has 2 atom stereocenters. The second-order valence-electron chi connectivity index (χ2n) is 4.89. The molecule has 0 bridgehead atoms. The Hall–Kier alpha value is -0.830. The number of hydrogen-bond donors (Lipinski definition) is 1. The van der Waals surface area contributed by atoms with Gasteiger partial charge in [-0.1, -0.05) is 13.8 Å². The molecule has 0 aromatic carbocycles. The van der Waals surface area contributed by atoms with Crippen molar-refractivity contribution in [2.75, 3.05) is 13.6 Å². The summed E-state index contributed by atoms with van der Waals surface area (Å²) in [4.78, 5) is 4.19. The molecule has 14 heavy (non-hydrogen) atoms. The number of hydrogen-bond acceptors (Lipinski definition) is 2. The first-order chi connectivity index (χ1) is 6.59. The van der Waals surface area contributed by atoms with Crippen LogP contribution in [0.5, 0.6) is 0 Å². The van der Waals surface area contributed by atoms with E-state index in [1.165, 1.54) is 5.69 Å². The molecule has 1 saturated carbocycles. The van der Waals surface area contributed by atoms with Crippen LogP contribution in [-0.2, 0) is 7.05 Å². The molecule has 1 aliphatic rings. The molecule has 2 rings (SSSR count). The Kier molecular flexibility index (Phi) is 2.14. The highest BCUT2D eigenvalue weighted by Crippen LogP contribution is 2.63. The first-order valence-corrected chi connectivity index (χ1v) is 5.20. The number of nitrogens with one attached hydrogen (secondary N) is 1. The Bertz CT molecular complexity index is 327. The van der Waals surface area contributed by atoms with Crippen molar-refractivity contribution in [2.24, 2.45) is 18.4 Å². The number of aryl methyl sites for hydroxylation is 1. The monoisotopic (exact) mass is 193 g/mol. The molecule has 1 aromatic rings. The third-order valence-corrected chi connectivity index (χ3v) is 3.65. The molecule has 1 aliphatic carbocycles. The largest absolute Gasteiger partial charge is 0.337 e. The molecular formula is C11H19N3. The summed E-state index contributed by atoms with van der Waals surface area (Å²) in [5.74, 6) is 1.42. The summed E-state index contributed by atoms with van der Waals surface area (Å²) >= 11 is 0. The van der Waals surface area contributed by atoms with E-state index in [9.17, 15) is 0 Å². The smallest absolute Gasteiger partial charge is 0.0945 e. The van der Waals surface area contributed by atoms with Gasteiger partial charge in [0.1, 0.15) is 0 Å². The van der Waals surface area contributed by atoms with Gasteiger partial charge in [-0.05, 0) is 24.9 Å². The fourth-order valence-electron chi connectivity index (χ4n) is 2.60. The zero-order valence-corrected chi connectivity index (χ0v) is 9.41. The average molecular weight is 193 g/mol. The lowest BCUT2D eigenvalue weighted by Gasteiger charge is -2.02. The van der Waals surface area contributed by atoms with Crippen molar-refractivity contribution in [3.05, 3.63) is 18.2 Å². The second kappa shape index (κ2) is 3.09. The van der Waals surface area contributed by atoms with Gasteiger partial charge in [0, 0.05) is 24.9 Å². The van der Waals surface area contributed by atoms with E-state index in [0.717, 1.165) is 12.5 Å². The zero-order chi connectivity index (χ0) is 10.3. The van der Waals surface area contributed by atoms with E-state index in [2.05, 4.69) is 35.8 Å². The highest BCUT2D eigenvalue weighted by Gasteiger charge is 2.58. The summed E-state index contributed by atoms with van der Waals surface area (Å²) in [6.07, 6.45) is 3.89. The zero-order valence-electron chi connectivity index (χ0n) is 9.41. The van der Waals surface area contributed by atoms with Crippen LogP contribution in [0.3, 0.4) is 0 Å². The summed E-state index contributed by atoms with van der Waals surface area (Å²) in [5, 5.41) is 3.27. The molecule has 1 fully saturated rings. The Morgan fingerprint density at radius 2 is 2.29 bits per heavy atom. The van der Waals surface area contributed by atoms with Crippen molar-refractivity contribution in [2.45, 2.75) is 19.8 Å². The van der Waals surface area contributed by atoms with Crippen LogP contribution in [0.2, 0.25) is 0 Å². The fraction of sp³-hybridized carbons (Fsp3) is 0.727. The van der Waals surface area contributed by atoms with Crippen molar-refractivity contribution in [1.29, 1.82) is 0 Å². The summed E-state index contributed by atoms with van der Waals surface area (Å²) in [6.45, 7) is 5.78. The normalized spacial score (nSPS) is 29.1. The van der Waals surface area contributed by atoms with Crippen LogP contribution >= 0.6 is 0 Å². The minimum atomic E-state index is 0.427. The molecule has 2 unspecified atom stereocenters. The van der Waals surface area contributed by atoms with Gasteiger partial charge in [-0.2, -0.15) is 0 Å². The van der Waals surface area contributed by atoms with Crippen LogP contribution < -0.4 is 5.32 Å². The van der Waals surface area contributed by atoms with Gasteiger partial charge in [-0.3, -0.25) is 0 Å². The molecule has 3 heteroatoms. The number of imidazole rings is 1. The average Bonchev–Trinajstić information content (AvgIpc) is 2.46. The second-order valence-corrected chi connectivity index (χ2v) is 4.89. The van der Waals surface area contributed by atoms with Gasteiger partial charge in [-0.25, -0.2) is 4.98 Å². The molecule has 1 heterocycles. The number of nitrogens with zero attached hydrogens (tertiary/aromatic N) is 2. The maximum atomic E-state index is 4.19. The van der Waals surface area contributed by atoms with Crippen LogP contribution in [0.1, 0.15) is 25.5 Å². The molecule has 0 spiro atoms. The summed E-state index contributed by atoms with van der Waals surface area (Å²) in [6, 6.07) is 0. The maximum absolute atomic E-state index is 4.19. The number of rotatable bonds is 3. The quantitative estimate of drug-likeness (QED) is 0.786. The third kappa shape index (κ3) is 1.27. The lowest BCUT2D eigenvalue weighted by molar-refractivity contribution is 0.535. The first-order valence-electron chi connectivity index (χ1n) is 5.20. The van der Waals surface area contributed by atoms with Gasteiger partial charge in [0.25, 0.3) is 0 Å². The van der Waals surface area contributed by atoms with Gasteiger partial charge in [-0.15, -0.1) is 0 Å². The molecule has 78 valence electrons. The predicted molar refractivity (Wildman–Crippen MR) is 57.1 cm³/mol. The minimum Gasteiger partial charge on any atom is -0.337 e. The van der Waals surface area contributed by atoms with Gasteiger partial charge in [0.05, 0.1) is 6.33 Å². The summed E-state index contributed by atoms with van der Waals surface area (Å²) in [7, 11) is 4.10. The summed E-state index contributed by atoms with van der Waals surface area (Å²) in [5.41, 5.74) is 1.80. The maximum Gasteiger partial charge on any atom is 0.0945 e. The van der Waals surface area contributed by atoms with Crippen LogP contribution in [0, 0.1) is 11.3 Å². The highest BCUT2D eigenvalue weighted by atomic mass is 15.0. The van der Waals surface area contributed by atoms with Gasteiger partial charge in [0.2, 0.25) is 0 Å². The van der Waals surface area contributed by atoms with Crippen molar-refractivity contribution in [3.8, 4) is 0 Å². The lowest BCUT2D eigenvalue weighted by atomic mass is 10.1. The Morgan fingerprint density at radius 3 is 2.79 bits per heavy atom. The molecule has 3 nitrogen and oxygen atoms in total. The molecule has 0 amide bonds. The van der Waals surface area contributed by atoms with Gasteiger partial charge < -0.3 is 9.88 Å². The first kappa shape index (κ1) is 9.71. The van der Waals surface area contributed by atoms with Crippen LogP contribution in [-0.4, -0.2) is 23.1 Å². The van der Waals surface area contributed by atoms with Gasteiger partial charge >= 0.3 is 0 Å². The molecule has 1 N–H and O–H groups in total. The van der Waals surface area contributed by atoms with Gasteiger partial charge in [0.15, 0.2) is 0 Å². The van der Waals surface area contributed by atoms with E-state index in [4.69, 9.17) is 0 Å². The molecule has 1 aromatic heterocycles. The fourth-order valence-corrected chi connectivity index (χ4v) is 2.60. The highest BCUT2D eigenvalue weighted by molar-refractivity contribution is 5.25.